The van der Waals surface area contributed by atoms with Crippen molar-refractivity contribution >= 4 is 12.6 Å². The first-order valence-electron chi connectivity index (χ1n) is 6.62. The van der Waals surface area contributed by atoms with Gasteiger partial charge >= 0.3 is 0 Å². The summed E-state index contributed by atoms with van der Waals surface area (Å²) in [7, 11) is 1.81. The highest BCUT2D eigenvalue weighted by Crippen LogP contribution is 2.23. The largest absolute Gasteiger partial charge is 0.381 e. The lowest BCUT2D eigenvalue weighted by molar-refractivity contribution is -0.0303. The molecule has 0 aromatic carbocycles. The third-order valence-corrected chi connectivity index (χ3v) is 3.63. The molecule has 0 aromatic heterocycles. The quantitative estimate of drug-likeness (QED) is 0.522. The molecule has 2 unspecified atom stereocenters. The van der Waals surface area contributed by atoms with E-state index in [-0.39, 0.29) is 0 Å². The molecule has 1 rings (SSSR count). The van der Waals surface area contributed by atoms with Crippen molar-refractivity contribution < 1.29 is 9.47 Å². The zero-order valence-corrected chi connectivity index (χ0v) is 11.4. The Bertz CT molecular complexity index is 164. The molecule has 0 aliphatic heterocycles. The van der Waals surface area contributed by atoms with Crippen molar-refractivity contribution in [3.8, 4) is 0 Å². The summed E-state index contributed by atoms with van der Waals surface area (Å²) in [5.41, 5.74) is 0. The van der Waals surface area contributed by atoms with Crippen LogP contribution in [0.15, 0.2) is 0 Å². The molecule has 96 valence electrons. The van der Waals surface area contributed by atoms with Gasteiger partial charge in [-0.05, 0) is 44.3 Å². The zero-order chi connectivity index (χ0) is 11.6. The summed E-state index contributed by atoms with van der Waals surface area (Å²) in [4.78, 5) is 0. The molecule has 0 heterocycles. The van der Waals surface area contributed by atoms with Crippen LogP contribution in [0.4, 0.5) is 0 Å². The Morgan fingerprint density at radius 3 is 2.56 bits per heavy atom. The molecule has 0 aromatic rings. The van der Waals surface area contributed by atoms with E-state index < -0.39 is 0 Å². The lowest BCUT2D eigenvalue weighted by Crippen LogP contribution is -2.27. The van der Waals surface area contributed by atoms with Crippen LogP contribution >= 0.6 is 12.6 Å². The van der Waals surface area contributed by atoms with Crippen LogP contribution < -0.4 is 0 Å². The summed E-state index contributed by atoms with van der Waals surface area (Å²) in [5.74, 6) is 1.01. The van der Waals surface area contributed by atoms with E-state index in [2.05, 4.69) is 12.6 Å². The van der Waals surface area contributed by atoms with Crippen LogP contribution in [0.1, 0.15) is 51.4 Å². The molecular formula is C13H26O2S. The first-order chi connectivity index (χ1) is 7.86. The minimum absolute atomic E-state index is 0.433. The zero-order valence-electron chi connectivity index (χ0n) is 10.5. The molecule has 0 spiro atoms. The van der Waals surface area contributed by atoms with Gasteiger partial charge in [0.2, 0.25) is 0 Å². The van der Waals surface area contributed by atoms with Gasteiger partial charge in [0.1, 0.15) is 0 Å². The minimum Gasteiger partial charge on any atom is -0.381 e. The molecule has 1 fully saturated rings. The van der Waals surface area contributed by atoms with Crippen LogP contribution in [0.2, 0.25) is 0 Å². The van der Waals surface area contributed by atoms with E-state index in [9.17, 15) is 0 Å². The number of methoxy groups -OCH3 is 1. The fraction of sp³-hybridized carbons (Fsp3) is 1.00. The van der Waals surface area contributed by atoms with Gasteiger partial charge in [0, 0.05) is 13.7 Å². The van der Waals surface area contributed by atoms with Gasteiger partial charge < -0.3 is 9.47 Å². The molecule has 0 saturated heterocycles. The summed E-state index contributed by atoms with van der Waals surface area (Å²) in [6.07, 6.45) is 10.6. The molecule has 1 aliphatic carbocycles. The molecule has 2 atom stereocenters. The number of ether oxygens (including phenoxy) is 2. The smallest absolute Gasteiger partial charge is 0.0599 e. The van der Waals surface area contributed by atoms with Gasteiger partial charge in [0.05, 0.1) is 12.2 Å². The fourth-order valence-electron chi connectivity index (χ4n) is 2.28. The van der Waals surface area contributed by atoms with Crippen molar-refractivity contribution in [2.75, 3.05) is 19.5 Å². The first kappa shape index (κ1) is 14.3. The molecule has 3 heteroatoms. The van der Waals surface area contributed by atoms with Gasteiger partial charge in [-0.3, -0.25) is 0 Å². The summed E-state index contributed by atoms with van der Waals surface area (Å²) in [6, 6.07) is 0. The van der Waals surface area contributed by atoms with E-state index in [1.807, 2.05) is 7.11 Å². The predicted octanol–water partition coefficient (Wildman–Crippen LogP) is 3.45. The third kappa shape index (κ3) is 6.12. The Labute approximate surface area is 105 Å². The summed E-state index contributed by atoms with van der Waals surface area (Å²) >= 11 is 4.20. The lowest BCUT2D eigenvalue weighted by Gasteiger charge is -2.28. The van der Waals surface area contributed by atoms with Crippen molar-refractivity contribution in [3.63, 3.8) is 0 Å². The summed E-state index contributed by atoms with van der Waals surface area (Å²) < 4.78 is 11.3. The van der Waals surface area contributed by atoms with E-state index in [1.54, 1.807) is 0 Å². The van der Waals surface area contributed by atoms with Crippen LogP contribution in [0.5, 0.6) is 0 Å². The van der Waals surface area contributed by atoms with Crippen molar-refractivity contribution in [3.05, 3.63) is 0 Å². The van der Waals surface area contributed by atoms with Crippen molar-refractivity contribution in [2.45, 2.75) is 63.6 Å². The summed E-state index contributed by atoms with van der Waals surface area (Å²) in [6.45, 7) is 0.924. The maximum Gasteiger partial charge on any atom is 0.0599 e. The van der Waals surface area contributed by atoms with E-state index in [0.717, 1.165) is 18.8 Å². The van der Waals surface area contributed by atoms with Crippen LogP contribution in [0.3, 0.4) is 0 Å². The van der Waals surface area contributed by atoms with Gasteiger partial charge in [-0.15, -0.1) is 0 Å². The fourth-order valence-corrected chi connectivity index (χ4v) is 2.51. The normalized spacial score (nSPS) is 25.9. The molecule has 16 heavy (non-hydrogen) atoms. The van der Waals surface area contributed by atoms with Crippen LogP contribution in [0, 0.1) is 0 Å². The number of rotatable bonds is 8. The SMILES string of the molecule is COC1CCCC(OCCCCCCS)C1. The highest BCUT2D eigenvalue weighted by atomic mass is 32.1. The van der Waals surface area contributed by atoms with Gasteiger partial charge in [-0.1, -0.05) is 12.8 Å². The second-order valence-corrected chi connectivity index (χ2v) is 5.10. The van der Waals surface area contributed by atoms with E-state index >= 15 is 0 Å². The Hall–Kier alpha value is 0.270. The van der Waals surface area contributed by atoms with Crippen LogP contribution in [-0.4, -0.2) is 31.7 Å². The van der Waals surface area contributed by atoms with Crippen LogP contribution in [0.25, 0.3) is 0 Å². The highest BCUT2D eigenvalue weighted by Gasteiger charge is 2.21. The van der Waals surface area contributed by atoms with Gasteiger partial charge in [0.15, 0.2) is 0 Å². The predicted molar refractivity (Wildman–Crippen MR) is 71.3 cm³/mol. The Morgan fingerprint density at radius 1 is 1.06 bits per heavy atom. The Morgan fingerprint density at radius 2 is 1.81 bits per heavy atom. The molecule has 1 saturated carbocycles. The molecule has 0 N–H and O–H groups in total. The van der Waals surface area contributed by atoms with Gasteiger partial charge in [0.25, 0.3) is 0 Å². The monoisotopic (exact) mass is 246 g/mol. The lowest BCUT2D eigenvalue weighted by atomic mass is 9.95. The molecule has 2 nitrogen and oxygen atoms in total. The maximum atomic E-state index is 5.90. The molecule has 0 bridgehead atoms. The molecular weight excluding hydrogens is 220 g/mol. The average molecular weight is 246 g/mol. The summed E-state index contributed by atoms with van der Waals surface area (Å²) in [5, 5.41) is 0. The number of unbranched alkanes of at least 4 members (excludes halogenated alkanes) is 3. The van der Waals surface area contributed by atoms with E-state index in [1.165, 1.54) is 44.9 Å². The Kier molecular flexibility index (Phi) is 8.34. The molecule has 0 radical (unpaired) electrons. The standard InChI is InChI=1S/C13H26O2S/c1-14-12-7-6-8-13(11-12)15-9-4-2-3-5-10-16/h12-13,16H,2-11H2,1H3. The Balaban J connectivity index is 1.95. The minimum atomic E-state index is 0.433. The van der Waals surface area contributed by atoms with E-state index in [4.69, 9.17) is 9.47 Å². The molecule has 0 amide bonds. The van der Waals surface area contributed by atoms with Crippen molar-refractivity contribution in [2.24, 2.45) is 0 Å². The number of hydrogen-bond donors (Lipinski definition) is 1. The second kappa shape index (κ2) is 9.32. The van der Waals surface area contributed by atoms with Crippen molar-refractivity contribution in [1.82, 2.24) is 0 Å². The van der Waals surface area contributed by atoms with Crippen molar-refractivity contribution in [1.29, 1.82) is 0 Å². The first-order valence-corrected chi connectivity index (χ1v) is 7.25. The van der Waals surface area contributed by atoms with Gasteiger partial charge in [-0.25, -0.2) is 0 Å². The average Bonchev–Trinajstić information content (AvgIpc) is 2.34. The third-order valence-electron chi connectivity index (χ3n) is 3.32. The highest BCUT2D eigenvalue weighted by molar-refractivity contribution is 7.80. The topological polar surface area (TPSA) is 18.5 Å². The molecule has 1 aliphatic rings. The van der Waals surface area contributed by atoms with Gasteiger partial charge in [-0.2, -0.15) is 12.6 Å². The van der Waals surface area contributed by atoms with Crippen LogP contribution in [-0.2, 0) is 9.47 Å². The maximum absolute atomic E-state index is 5.90. The number of thiol groups is 1. The number of hydrogen-bond acceptors (Lipinski definition) is 3. The second-order valence-electron chi connectivity index (χ2n) is 4.65. The van der Waals surface area contributed by atoms with E-state index in [0.29, 0.717) is 12.2 Å².